The van der Waals surface area contributed by atoms with Crippen molar-refractivity contribution in [2.75, 3.05) is 13.1 Å². The summed E-state index contributed by atoms with van der Waals surface area (Å²) < 4.78 is 43.5. The van der Waals surface area contributed by atoms with E-state index in [-0.39, 0.29) is 18.8 Å². The molecule has 0 aliphatic carbocycles. The molecule has 1 aromatic carbocycles. The van der Waals surface area contributed by atoms with Crippen LogP contribution in [-0.2, 0) is 11.3 Å². The minimum Gasteiger partial charge on any atom is -0.481 e. The van der Waals surface area contributed by atoms with Gasteiger partial charge >= 0.3 is 6.09 Å². The monoisotopic (exact) mass is 421 g/mol. The van der Waals surface area contributed by atoms with Gasteiger partial charge in [0, 0.05) is 32.0 Å². The van der Waals surface area contributed by atoms with Gasteiger partial charge in [-0.2, -0.15) is 0 Å². The molecule has 1 amide bonds. The van der Waals surface area contributed by atoms with Gasteiger partial charge in [0.15, 0.2) is 17.4 Å². The molecule has 2 heterocycles. The number of likely N-dealkylation sites (tertiary alicyclic amines) is 1. The zero-order valence-electron chi connectivity index (χ0n) is 17.2. The largest absolute Gasteiger partial charge is 0.481 e. The Kier molecular flexibility index (Phi) is 6.69. The topological polar surface area (TPSA) is 73.8 Å². The van der Waals surface area contributed by atoms with Crippen molar-refractivity contribution < 1.29 is 27.8 Å². The van der Waals surface area contributed by atoms with Crippen LogP contribution in [0.4, 0.5) is 13.6 Å². The number of para-hydroxylation sites is 1. The summed E-state index contributed by atoms with van der Waals surface area (Å²) in [4.78, 5) is 13.8. The Morgan fingerprint density at radius 1 is 1.10 bits per heavy atom. The molecule has 1 aromatic heterocycles. The molecule has 3 rings (SSSR count). The second-order valence-electron chi connectivity index (χ2n) is 7.99. The van der Waals surface area contributed by atoms with Crippen LogP contribution in [0.5, 0.6) is 11.6 Å². The van der Waals surface area contributed by atoms with Gasteiger partial charge in [0.1, 0.15) is 24.0 Å². The first-order valence-corrected chi connectivity index (χ1v) is 9.75. The highest BCUT2D eigenvalue weighted by molar-refractivity contribution is 5.68. The first-order valence-electron chi connectivity index (χ1n) is 9.75. The fraction of sp³-hybridized carbons (Fsp3) is 0.476. The standard InChI is InChI=1S/C21H25F2N3O4/c1-21(2,3)30-20(27)26-11-9-15(10-12-26)29-18-8-7-14(24-25-18)13-28-19-16(22)5-4-6-17(19)23/h4-8,15H,9-13H2,1-3H3. The van der Waals surface area contributed by atoms with Crippen LogP contribution in [0.3, 0.4) is 0 Å². The van der Waals surface area contributed by atoms with E-state index >= 15 is 0 Å². The molecule has 1 saturated heterocycles. The summed E-state index contributed by atoms with van der Waals surface area (Å²) in [6, 6.07) is 6.76. The van der Waals surface area contributed by atoms with Crippen molar-refractivity contribution in [3.05, 3.63) is 47.7 Å². The van der Waals surface area contributed by atoms with Crippen LogP contribution in [0, 0.1) is 11.6 Å². The molecule has 0 N–H and O–H groups in total. The van der Waals surface area contributed by atoms with E-state index in [9.17, 15) is 13.6 Å². The Labute approximate surface area is 173 Å². The summed E-state index contributed by atoms with van der Waals surface area (Å²) in [5.41, 5.74) is -0.117. The number of carbonyl (C=O) groups is 1. The molecule has 0 bridgehead atoms. The van der Waals surface area contributed by atoms with Crippen molar-refractivity contribution in [2.45, 2.75) is 51.9 Å². The summed E-state index contributed by atoms with van der Waals surface area (Å²) in [5, 5.41) is 7.96. The maximum Gasteiger partial charge on any atom is 0.410 e. The molecule has 162 valence electrons. The van der Waals surface area contributed by atoms with Gasteiger partial charge in [0.05, 0.1) is 0 Å². The van der Waals surface area contributed by atoms with Crippen LogP contribution < -0.4 is 9.47 Å². The van der Waals surface area contributed by atoms with Crippen LogP contribution in [0.1, 0.15) is 39.3 Å². The molecular weight excluding hydrogens is 396 g/mol. The summed E-state index contributed by atoms with van der Waals surface area (Å²) in [7, 11) is 0. The van der Waals surface area contributed by atoms with Gasteiger partial charge in [-0.1, -0.05) is 6.07 Å². The number of nitrogens with zero attached hydrogens (tertiary/aromatic N) is 3. The second-order valence-corrected chi connectivity index (χ2v) is 7.99. The van der Waals surface area contributed by atoms with Gasteiger partial charge in [0.2, 0.25) is 5.88 Å². The van der Waals surface area contributed by atoms with E-state index in [4.69, 9.17) is 14.2 Å². The van der Waals surface area contributed by atoms with Crippen LogP contribution in [-0.4, -0.2) is 46.0 Å². The molecule has 0 unspecified atom stereocenters. The molecule has 0 saturated carbocycles. The van der Waals surface area contributed by atoms with Gasteiger partial charge in [-0.3, -0.25) is 0 Å². The van der Waals surface area contributed by atoms with Crippen molar-refractivity contribution in [1.29, 1.82) is 0 Å². The minimum absolute atomic E-state index is 0.0902. The molecule has 1 fully saturated rings. The van der Waals surface area contributed by atoms with E-state index in [1.807, 2.05) is 20.8 Å². The van der Waals surface area contributed by atoms with Gasteiger partial charge in [0.25, 0.3) is 0 Å². The number of hydrogen-bond donors (Lipinski definition) is 0. The lowest BCUT2D eigenvalue weighted by Crippen LogP contribution is -2.44. The van der Waals surface area contributed by atoms with E-state index in [0.29, 0.717) is 37.5 Å². The number of benzene rings is 1. The Morgan fingerprint density at radius 2 is 1.77 bits per heavy atom. The van der Waals surface area contributed by atoms with Crippen LogP contribution in [0.2, 0.25) is 0 Å². The average molecular weight is 421 g/mol. The molecule has 0 spiro atoms. The van der Waals surface area contributed by atoms with Crippen molar-refractivity contribution in [1.82, 2.24) is 15.1 Å². The highest BCUT2D eigenvalue weighted by Crippen LogP contribution is 2.22. The smallest absolute Gasteiger partial charge is 0.410 e. The van der Waals surface area contributed by atoms with E-state index in [0.717, 1.165) is 12.1 Å². The lowest BCUT2D eigenvalue weighted by atomic mass is 10.1. The number of hydrogen-bond acceptors (Lipinski definition) is 6. The number of carbonyl (C=O) groups excluding carboxylic acids is 1. The third kappa shape index (κ3) is 6.01. The number of amides is 1. The molecule has 7 nitrogen and oxygen atoms in total. The molecule has 2 aromatic rings. The predicted molar refractivity (Wildman–Crippen MR) is 104 cm³/mol. The Hall–Kier alpha value is -2.97. The van der Waals surface area contributed by atoms with Gasteiger partial charge < -0.3 is 19.1 Å². The highest BCUT2D eigenvalue weighted by atomic mass is 19.1. The second kappa shape index (κ2) is 9.23. The normalized spacial score (nSPS) is 15.0. The van der Waals surface area contributed by atoms with Crippen molar-refractivity contribution in [2.24, 2.45) is 0 Å². The Morgan fingerprint density at radius 3 is 2.33 bits per heavy atom. The summed E-state index contributed by atoms with van der Waals surface area (Å²) in [5.74, 6) is -1.66. The fourth-order valence-corrected chi connectivity index (χ4v) is 2.91. The van der Waals surface area contributed by atoms with Crippen LogP contribution in [0.15, 0.2) is 30.3 Å². The van der Waals surface area contributed by atoms with Gasteiger partial charge in [-0.25, -0.2) is 13.6 Å². The van der Waals surface area contributed by atoms with Gasteiger partial charge in [-0.15, -0.1) is 10.2 Å². The third-order valence-corrected chi connectivity index (χ3v) is 4.36. The average Bonchev–Trinajstić information content (AvgIpc) is 2.68. The zero-order valence-corrected chi connectivity index (χ0v) is 17.2. The van der Waals surface area contributed by atoms with Crippen molar-refractivity contribution in [3.63, 3.8) is 0 Å². The lowest BCUT2D eigenvalue weighted by Gasteiger charge is -2.33. The van der Waals surface area contributed by atoms with Crippen molar-refractivity contribution >= 4 is 6.09 Å². The summed E-state index contributed by atoms with van der Waals surface area (Å²) in [6.45, 7) is 6.45. The first kappa shape index (κ1) is 21.7. The summed E-state index contributed by atoms with van der Waals surface area (Å²) in [6.07, 6.45) is 0.889. The highest BCUT2D eigenvalue weighted by Gasteiger charge is 2.27. The summed E-state index contributed by atoms with van der Waals surface area (Å²) >= 11 is 0. The first-order chi connectivity index (χ1) is 14.2. The minimum atomic E-state index is -0.777. The van der Waals surface area contributed by atoms with Gasteiger partial charge in [-0.05, 0) is 39.0 Å². The zero-order chi connectivity index (χ0) is 21.7. The quantitative estimate of drug-likeness (QED) is 0.723. The number of aromatic nitrogens is 2. The molecular formula is C21H25F2N3O4. The number of halogens is 2. The molecule has 0 atom stereocenters. The van der Waals surface area contributed by atoms with Crippen LogP contribution in [0.25, 0.3) is 0 Å². The maximum atomic E-state index is 13.6. The van der Waals surface area contributed by atoms with E-state index in [1.165, 1.54) is 6.07 Å². The molecule has 1 aliphatic rings. The molecule has 9 heteroatoms. The number of rotatable bonds is 5. The molecule has 0 radical (unpaired) electrons. The Balaban J connectivity index is 1.47. The van der Waals surface area contributed by atoms with E-state index < -0.39 is 23.0 Å². The maximum absolute atomic E-state index is 13.6. The Bertz CT molecular complexity index is 843. The molecule has 30 heavy (non-hydrogen) atoms. The predicted octanol–water partition coefficient (Wildman–Crippen LogP) is 4.11. The third-order valence-electron chi connectivity index (χ3n) is 4.36. The fourth-order valence-electron chi connectivity index (χ4n) is 2.91. The lowest BCUT2D eigenvalue weighted by molar-refractivity contribution is 0.0122. The molecule has 1 aliphatic heterocycles. The van der Waals surface area contributed by atoms with Crippen LogP contribution >= 0.6 is 0 Å². The number of ether oxygens (including phenoxy) is 3. The van der Waals surface area contributed by atoms with E-state index in [1.54, 1.807) is 17.0 Å². The number of piperidine rings is 1. The SMILES string of the molecule is CC(C)(C)OC(=O)N1CCC(Oc2ccc(COc3c(F)cccc3F)nn2)CC1. The van der Waals surface area contributed by atoms with E-state index in [2.05, 4.69) is 10.2 Å². The van der Waals surface area contributed by atoms with Crippen molar-refractivity contribution in [3.8, 4) is 11.6 Å².